The number of benzene rings is 1. The lowest BCUT2D eigenvalue weighted by Crippen LogP contribution is -2.45. The monoisotopic (exact) mass is 376 g/mol. The molecular weight excluding hydrogens is 347 g/mol. The minimum Gasteiger partial charge on any atom is -0.338 e. The number of likely N-dealkylation sites (tertiary alicyclic amines) is 1. The number of para-hydroxylation sites is 1. The quantitative estimate of drug-likeness (QED) is 0.397. The summed E-state index contributed by atoms with van der Waals surface area (Å²) in [6, 6.07) is 11.2. The number of nitrogens with zero attached hydrogens (tertiary/aromatic N) is 2. The van der Waals surface area contributed by atoms with Crippen molar-refractivity contribution in [3.63, 3.8) is 0 Å². The van der Waals surface area contributed by atoms with E-state index in [9.17, 15) is 0 Å². The van der Waals surface area contributed by atoms with E-state index in [1.54, 1.807) is 6.08 Å². The highest BCUT2D eigenvalue weighted by molar-refractivity contribution is 7.46. The van der Waals surface area contributed by atoms with Crippen LogP contribution in [0.2, 0.25) is 0 Å². The molecule has 1 aromatic carbocycles. The first-order valence-corrected chi connectivity index (χ1v) is 10.6. The first-order valence-electron chi connectivity index (χ1n) is 9.66. The van der Waals surface area contributed by atoms with Gasteiger partial charge in [-0.2, -0.15) is 0 Å². The SMILES string of the molecule is C=C/C=C\C(=C)CCN1CCC(N(C(=C)C2=CC=P2)c2ccccc2)CC1. The lowest BCUT2D eigenvalue weighted by molar-refractivity contribution is 0.214. The molecule has 0 radical (unpaired) electrons. The summed E-state index contributed by atoms with van der Waals surface area (Å²) < 4.78 is 0. The molecule has 0 saturated carbocycles. The van der Waals surface area contributed by atoms with Gasteiger partial charge >= 0.3 is 0 Å². The third-order valence-electron chi connectivity index (χ3n) is 5.21. The Morgan fingerprint density at radius 3 is 2.48 bits per heavy atom. The van der Waals surface area contributed by atoms with E-state index < -0.39 is 0 Å². The smallest absolute Gasteiger partial charge is 0.0460 e. The average molecular weight is 376 g/mol. The molecule has 2 heterocycles. The number of allylic oxidation sites excluding steroid dienone is 5. The van der Waals surface area contributed by atoms with Crippen molar-refractivity contribution in [3.8, 4) is 0 Å². The van der Waals surface area contributed by atoms with E-state index in [-0.39, 0.29) is 0 Å². The molecule has 27 heavy (non-hydrogen) atoms. The van der Waals surface area contributed by atoms with E-state index in [2.05, 4.69) is 77.8 Å². The van der Waals surface area contributed by atoms with Crippen LogP contribution in [-0.2, 0) is 0 Å². The van der Waals surface area contributed by atoms with E-state index in [1.807, 2.05) is 6.08 Å². The second kappa shape index (κ2) is 9.69. The van der Waals surface area contributed by atoms with Crippen LogP contribution in [0.15, 0.2) is 91.0 Å². The molecule has 1 saturated heterocycles. The van der Waals surface area contributed by atoms with Crippen LogP contribution in [0, 0.1) is 0 Å². The maximum atomic E-state index is 4.43. The van der Waals surface area contributed by atoms with Crippen molar-refractivity contribution < 1.29 is 0 Å². The molecule has 0 aromatic heterocycles. The normalized spacial score (nSPS) is 18.0. The number of anilines is 1. The van der Waals surface area contributed by atoms with Crippen LogP contribution in [0.5, 0.6) is 0 Å². The van der Waals surface area contributed by atoms with Crippen LogP contribution in [0.3, 0.4) is 0 Å². The molecule has 0 spiro atoms. The van der Waals surface area contributed by atoms with Crippen molar-refractivity contribution in [1.82, 2.24) is 4.90 Å². The summed E-state index contributed by atoms with van der Waals surface area (Å²) in [6.07, 6.45) is 11.4. The second-order valence-electron chi connectivity index (χ2n) is 7.06. The Morgan fingerprint density at radius 1 is 1.19 bits per heavy atom. The molecule has 1 fully saturated rings. The highest BCUT2D eigenvalue weighted by Crippen LogP contribution is 2.36. The molecule has 3 rings (SSSR count). The van der Waals surface area contributed by atoms with Crippen LogP contribution >= 0.6 is 8.20 Å². The van der Waals surface area contributed by atoms with E-state index >= 15 is 0 Å². The standard InChI is InChI=1S/C24H29N2P/c1-4-5-9-20(2)12-16-25-17-13-23(14-18-25)26(21(3)24-15-19-27-24)22-10-7-6-8-11-22/h4-11,15,19,23H,1-3,12-14,16-18H2/b9-5-. The molecule has 2 nitrogen and oxygen atoms in total. The first kappa shape index (κ1) is 19.6. The Hall–Kier alpha value is -2.15. The van der Waals surface area contributed by atoms with Crippen LogP contribution in [-0.4, -0.2) is 36.4 Å². The lowest BCUT2D eigenvalue weighted by Gasteiger charge is -2.41. The van der Waals surface area contributed by atoms with Gasteiger partial charge in [0.1, 0.15) is 0 Å². The molecule has 140 valence electrons. The summed E-state index contributed by atoms with van der Waals surface area (Å²) in [5, 5.41) is 1.34. The molecule has 0 atom stereocenters. The van der Waals surface area contributed by atoms with Crippen molar-refractivity contribution in [2.24, 2.45) is 0 Å². The Kier molecular flexibility index (Phi) is 7.04. The minimum absolute atomic E-state index is 0.511. The summed E-state index contributed by atoms with van der Waals surface area (Å²) in [6.45, 7) is 15.6. The van der Waals surface area contributed by atoms with Gasteiger partial charge in [-0.3, -0.25) is 0 Å². The lowest BCUT2D eigenvalue weighted by atomic mass is 10.0. The van der Waals surface area contributed by atoms with Gasteiger partial charge in [0.2, 0.25) is 0 Å². The van der Waals surface area contributed by atoms with Crippen molar-refractivity contribution >= 4 is 19.7 Å². The third-order valence-corrected chi connectivity index (χ3v) is 6.19. The Bertz CT molecular complexity index is 765. The molecule has 0 bridgehead atoms. The van der Waals surface area contributed by atoms with Crippen LogP contribution in [0.4, 0.5) is 5.69 Å². The van der Waals surface area contributed by atoms with Gasteiger partial charge < -0.3 is 9.80 Å². The summed E-state index contributed by atoms with van der Waals surface area (Å²) in [5.74, 6) is 2.18. The fourth-order valence-electron chi connectivity index (χ4n) is 3.61. The van der Waals surface area contributed by atoms with Gasteiger partial charge in [-0.1, -0.05) is 69.9 Å². The van der Waals surface area contributed by atoms with Crippen LogP contribution in [0.25, 0.3) is 0 Å². The van der Waals surface area contributed by atoms with Crippen molar-refractivity contribution in [1.29, 1.82) is 0 Å². The average Bonchev–Trinajstić information content (AvgIpc) is 2.65. The van der Waals surface area contributed by atoms with Crippen LogP contribution in [0.1, 0.15) is 19.3 Å². The Labute approximate surface area is 165 Å². The maximum Gasteiger partial charge on any atom is 0.0460 e. The van der Waals surface area contributed by atoms with Gasteiger partial charge in [0.05, 0.1) is 0 Å². The molecule has 0 amide bonds. The molecule has 0 aliphatic carbocycles. The fourth-order valence-corrected chi connectivity index (χ4v) is 4.16. The highest BCUT2D eigenvalue weighted by atomic mass is 31.1. The molecule has 0 N–H and O–H groups in total. The zero-order valence-electron chi connectivity index (χ0n) is 16.1. The number of rotatable bonds is 9. The van der Waals surface area contributed by atoms with Gasteiger partial charge in [-0.15, -0.1) is 0 Å². The van der Waals surface area contributed by atoms with Gasteiger partial charge in [-0.25, -0.2) is 0 Å². The molecule has 3 heteroatoms. The third kappa shape index (κ3) is 5.19. The van der Waals surface area contributed by atoms with E-state index in [0.29, 0.717) is 6.04 Å². The van der Waals surface area contributed by atoms with Crippen LogP contribution < -0.4 is 4.90 Å². The van der Waals surface area contributed by atoms with E-state index in [4.69, 9.17) is 0 Å². The summed E-state index contributed by atoms with van der Waals surface area (Å²) in [4.78, 5) is 5.03. The Balaban J connectivity index is 1.59. The summed E-state index contributed by atoms with van der Waals surface area (Å²) in [5.41, 5.74) is 3.59. The van der Waals surface area contributed by atoms with E-state index in [1.165, 1.54) is 24.8 Å². The fraction of sp³-hybridized carbons (Fsp3) is 0.292. The topological polar surface area (TPSA) is 6.48 Å². The summed E-state index contributed by atoms with van der Waals surface area (Å²) in [7, 11) is 1.29. The first-order chi connectivity index (χ1) is 13.2. The van der Waals surface area contributed by atoms with Gasteiger partial charge in [-0.05, 0) is 43.3 Å². The van der Waals surface area contributed by atoms with Gasteiger partial charge in [0.25, 0.3) is 0 Å². The van der Waals surface area contributed by atoms with Gasteiger partial charge in [0, 0.05) is 42.4 Å². The van der Waals surface area contributed by atoms with Crippen molar-refractivity contribution in [3.05, 3.63) is 91.0 Å². The predicted octanol–water partition coefficient (Wildman–Crippen LogP) is 5.81. The second-order valence-corrected chi connectivity index (χ2v) is 8.10. The zero-order chi connectivity index (χ0) is 19.1. The number of hydrogen-bond donors (Lipinski definition) is 0. The number of piperidine rings is 1. The predicted molar refractivity (Wildman–Crippen MR) is 122 cm³/mol. The molecular formula is C24H29N2P. The van der Waals surface area contributed by atoms with Crippen molar-refractivity contribution in [2.75, 3.05) is 24.5 Å². The molecule has 2 aliphatic rings. The zero-order valence-corrected chi connectivity index (χ0v) is 17.0. The van der Waals surface area contributed by atoms with Gasteiger partial charge in [0.15, 0.2) is 0 Å². The molecule has 2 aliphatic heterocycles. The van der Waals surface area contributed by atoms with Crippen molar-refractivity contribution in [2.45, 2.75) is 25.3 Å². The molecule has 0 unspecified atom stereocenters. The largest absolute Gasteiger partial charge is 0.338 e. The maximum absolute atomic E-state index is 4.43. The number of hydrogen-bond acceptors (Lipinski definition) is 2. The van der Waals surface area contributed by atoms with E-state index in [0.717, 1.165) is 44.6 Å². The molecule has 1 aromatic rings. The highest BCUT2D eigenvalue weighted by Gasteiger charge is 2.27. The summed E-state index contributed by atoms with van der Waals surface area (Å²) >= 11 is 0. The minimum atomic E-state index is 0.511. The Morgan fingerprint density at radius 2 is 1.89 bits per heavy atom.